The van der Waals surface area contributed by atoms with Gasteiger partial charge in [0.1, 0.15) is 5.82 Å². The first-order valence-corrected chi connectivity index (χ1v) is 10.5. The molecule has 0 spiro atoms. The standard InChI is InChI=1S/C21H24N6O5/c1-11-4-3-7-26(10-11)21-24-18-17(20(30)25-21)14(9-16(28)23-18)19(29)22-13-6-5-12(2)15(8-13)27(31)32/h5-6,8,11,14H,3-4,7,9-10H2,1-2H3,(H,22,29)(H2,23,24,25,28,30)/t11-,14+/m0/s1. The summed E-state index contributed by atoms with van der Waals surface area (Å²) in [5.41, 5.74) is 0.124. The monoisotopic (exact) mass is 440 g/mol. The Morgan fingerprint density at radius 3 is 2.84 bits per heavy atom. The normalized spacial score (nSPS) is 20.3. The molecule has 0 radical (unpaired) electrons. The van der Waals surface area contributed by atoms with E-state index in [0.29, 0.717) is 17.4 Å². The van der Waals surface area contributed by atoms with Gasteiger partial charge in [0.2, 0.25) is 17.8 Å². The molecule has 2 atom stereocenters. The molecule has 2 amide bonds. The van der Waals surface area contributed by atoms with Crippen LogP contribution in [0.2, 0.25) is 0 Å². The quantitative estimate of drug-likeness (QED) is 0.487. The summed E-state index contributed by atoms with van der Waals surface area (Å²) in [6.45, 7) is 5.21. The van der Waals surface area contributed by atoms with E-state index < -0.39 is 28.2 Å². The maximum absolute atomic E-state index is 13.0. The van der Waals surface area contributed by atoms with Gasteiger partial charge in [-0.25, -0.2) is 0 Å². The van der Waals surface area contributed by atoms with Crippen molar-refractivity contribution in [1.82, 2.24) is 9.97 Å². The van der Waals surface area contributed by atoms with Crippen LogP contribution in [0.1, 0.15) is 43.2 Å². The van der Waals surface area contributed by atoms with Crippen LogP contribution >= 0.6 is 0 Å². The maximum atomic E-state index is 13.0. The number of aromatic nitrogens is 2. The van der Waals surface area contributed by atoms with E-state index in [0.717, 1.165) is 25.9 Å². The number of amides is 2. The molecule has 2 aliphatic rings. The first-order chi connectivity index (χ1) is 15.2. The second-order valence-electron chi connectivity index (χ2n) is 8.40. The third-order valence-electron chi connectivity index (χ3n) is 5.88. The SMILES string of the molecule is Cc1ccc(NC(=O)[C@@H]2CC(=O)Nc3nc(N4CCC[C@H](C)C4)[nH]c(=O)c32)cc1[N+](=O)[O-]. The van der Waals surface area contributed by atoms with Gasteiger partial charge in [-0.05, 0) is 31.7 Å². The predicted molar refractivity (Wildman–Crippen MR) is 118 cm³/mol. The van der Waals surface area contributed by atoms with Gasteiger partial charge in [-0.2, -0.15) is 4.98 Å². The molecule has 11 nitrogen and oxygen atoms in total. The highest BCUT2D eigenvalue weighted by atomic mass is 16.6. The Balaban J connectivity index is 1.64. The lowest BCUT2D eigenvalue weighted by Crippen LogP contribution is -2.40. The molecule has 0 aliphatic carbocycles. The molecule has 0 unspecified atom stereocenters. The Morgan fingerprint density at radius 1 is 1.34 bits per heavy atom. The van der Waals surface area contributed by atoms with Crippen LogP contribution < -0.4 is 21.1 Å². The fourth-order valence-electron chi connectivity index (χ4n) is 4.23. The largest absolute Gasteiger partial charge is 0.342 e. The van der Waals surface area contributed by atoms with Crippen molar-refractivity contribution < 1.29 is 14.5 Å². The third-order valence-corrected chi connectivity index (χ3v) is 5.88. The van der Waals surface area contributed by atoms with Crippen LogP contribution in [0, 0.1) is 23.0 Å². The van der Waals surface area contributed by atoms with Crippen molar-refractivity contribution in [2.45, 2.75) is 39.0 Å². The van der Waals surface area contributed by atoms with Crippen LogP contribution in [0.25, 0.3) is 0 Å². The number of rotatable bonds is 4. The third kappa shape index (κ3) is 4.18. The number of benzene rings is 1. The van der Waals surface area contributed by atoms with Crippen molar-refractivity contribution in [3.63, 3.8) is 0 Å². The highest BCUT2D eigenvalue weighted by molar-refractivity contribution is 6.04. The average molecular weight is 440 g/mol. The molecular formula is C21H24N6O5. The van der Waals surface area contributed by atoms with Crippen LogP contribution in [0.4, 0.5) is 23.1 Å². The van der Waals surface area contributed by atoms with Crippen molar-refractivity contribution in [2.75, 3.05) is 28.6 Å². The molecule has 4 rings (SSSR count). The molecule has 2 aliphatic heterocycles. The summed E-state index contributed by atoms with van der Waals surface area (Å²) in [6, 6.07) is 4.31. The lowest BCUT2D eigenvalue weighted by atomic mass is 9.92. The number of anilines is 3. The average Bonchev–Trinajstić information content (AvgIpc) is 2.73. The zero-order chi connectivity index (χ0) is 23.0. The maximum Gasteiger partial charge on any atom is 0.274 e. The van der Waals surface area contributed by atoms with E-state index in [2.05, 4.69) is 27.5 Å². The van der Waals surface area contributed by atoms with Crippen molar-refractivity contribution >= 4 is 35.0 Å². The van der Waals surface area contributed by atoms with Crippen molar-refractivity contribution in [3.8, 4) is 0 Å². The lowest BCUT2D eigenvalue weighted by molar-refractivity contribution is -0.385. The Labute approximate surface area is 183 Å². The van der Waals surface area contributed by atoms with Crippen LogP contribution in [0.3, 0.4) is 0 Å². The number of nitrogens with one attached hydrogen (secondary N) is 3. The molecule has 0 bridgehead atoms. The predicted octanol–water partition coefficient (Wildman–Crippen LogP) is 2.29. The number of carbonyl (C=O) groups excluding carboxylic acids is 2. The van der Waals surface area contributed by atoms with Gasteiger partial charge in [-0.1, -0.05) is 13.0 Å². The fraction of sp³-hybridized carbons (Fsp3) is 0.429. The first-order valence-electron chi connectivity index (χ1n) is 10.5. The number of H-pyrrole nitrogens is 1. The number of nitro groups is 1. The lowest BCUT2D eigenvalue weighted by Gasteiger charge is -2.32. The number of aryl methyl sites for hydroxylation is 1. The van der Waals surface area contributed by atoms with E-state index >= 15 is 0 Å². The number of fused-ring (bicyclic) bond motifs is 1. The number of nitrogens with zero attached hydrogens (tertiary/aromatic N) is 3. The fourth-order valence-corrected chi connectivity index (χ4v) is 4.23. The number of carbonyl (C=O) groups is 2. The van der Waals surface area contributed by atoms with Crippen LogP contribution in [-0.2, 0) is 9.59 Å². The number of piperidine rings is 1. The van der Waals surface area contributed by atoms with E-state index in [-0.39, 0.29) is 29.2 Å². The van der Waals surface area contributed by atoms with Gasteiger partial charge in [0.05, 0.1) is 16.4 Å². The first kappa shape index (κ1) is 21.5. The van der Waals surface area contributed by atoms with Gasteiger partial charge < -0.3 is 15.5 Å². The molecule has 1 aromatic carbocycles. The molecule has 1 aromatic heterocycles. The number of aromatic amines is 1. The molecule has 0 saturated carbocycles. The number of nitro benzene ring substituents is 1. The summed E-state index contributed by atoms with van der Waals surface area (Å²) in [4.78, 5) is 58.0. The van der Waals surface area contributed by atoms with Crippen LogP contribution in [0.5, 0.6) is 0 Å². The van der Waals surface area contributed by atoms with E-state index in [1.807, 2.05) is 4.90 Å². The van der Waals surface area contributed by atoms with Gasteiger partial charge in [0, 0.05) is 36.8 Å². The topological polar surface area (TPSA) is 150 Å². The van der Waals surface area contributed by atoms with E-state index in [9.17, 15) is 24.5 Å². The molecule has 32 heavy (non-hydrogen) atoms. The molecule has 3 heterocycles. The van der Waals surface area contributed by atoms with Gasteiger partial charge >= 0.3 is 0 Å². The molecule has 3 N–H and O–H groups in total. The molecule has 2 aromatic rings. The Kier molecular flexibility index (Phi) is 5.64. The minimum absolute atomic E-state index is 0.0771. The highest BCUT2D eigenvalue weighted by Gasteiger charge is 2.35. The van der Waals surface area contributed by atoms with Gasteiger partial charge in [0.15, 0.2) is 0 Å². The smallest absolute Gasteiger partial charge is 0.274 e. The van der Waals surface area contributed by atoms with Crippen molar-refractivity contribution in [3.05, 3.63) is 49.8 Å². The van der Waals surface area contributed by atoms with Crippen LogP contribution in [0.15, 0.2) is 23.0 Å². The van der Waals surface area contributed by atoms with E-state index in [4.69, 9.17) is 0 Å². The number of hydrogen-bond donors (Lipinski definition) is 3. The summed E-state index contributed by atoms with van der Waals surface area (Å²) in [7, 11) is 0. The van der Waals surface area contributed by atoms with Gasteiger partial charge in [-0.3, -0.25) is 29.5 Å². The Bertz CT molecular complexity index is 1160. The summed E-state index contributed by atoms with van der Waals surface area (Å²) in [6.07, 6.45) is 1.85. The molecule has 168 valence electrons. The second kappa shape index (κ2) is 8.40. The molecular weight excluding hydrogens is 416 g/mol. The van der Waals surface area contributed by atoms with E-state index in [1.165, 1.54) is 18.2 Å². The van der Waals surface area contributed by atoms with Crippen molar-refractivity contribution in [2.24, 2.45) is 5.92 Å². The Morgan fingerprint density at radius 2 is 2.12 bits per heavy atom. The van der Waals surface area contributed by atoms with Crippen LogP contribution in [-0.4, -0.2) is 39.8 Å². The number of hydrogen-bond acceptors (Lipinski definition) is 7. The zero-order valence-electron chi connectivity index (χ0n) is 17.8. The molecule has 1 fully saturated rings. The van der Waals surface area contributed by atoms with E-state index in [1.54, 1.807) is 6.92 Å². The Hall–Kier alpha value is -3.76. The minimum atomic E-state index is -1.07. The second-order valence-corrected chi connectivity index (χ2v) is 8.40. The summed E-state index contributed by atoms with van der Waals surface area (Å²) in [5, 5.41) is 16.4. The van der Waals surface area contributed by atoms with Gasteiger partial charge in [0.25, 0.3) is 11.2 Å². The molecule has 11 heteroatoms. The summed E-state index contributed by atoms with van der Waals surface area (Å²) >= 11 is 0. The summed E-state index contributed by atoms with van der Waals surface area (Å²) in [5.74, 6) is -1.19. The minimum Gasteiger partial charge on any atom is -0.342 e. The summed E-state index contributed by atoms with van der Waals surface area (Å²) < 4.78 is 0. The van der Waals surface area contributed by atoms with Gasteiger partial charge in [-0.15, -0.1) is 0 Å². The zero-order valence-corrected chi connectivity index (χ0v) is 17.8. The molecule has 1 saturated heterocycles. The highest BCUT2D eigenvalue weighted by Crippen LogP contribution is 2.31. The van der Waals surface area contributed by atoms with Crippen molar-refractivity contribution in [1.29, 1.82) is 0 Å².